The van der Waals surface area contributed by atoms with Crippen molar-refractivity contribution in [2.75, 3.05) is 10.2 Å². The van der Waals surface area contributed by atoms with Crippen LogP contribution in [-0.2, 0) is 10.5 Å². The lowest BCUT2D eigenvalue weighted by atomic mass is 9.90. The van der Waals surface area contributed by atoms with Gasteiger partial charge >= 0.3 is 0 Å². The van der Waals surface area contributed by atoms with Gasteiger partial charge in [-0.05, 0) is 74.5 Å². The van der Waals surface area contributed by atoms with E-state index >= 15 is 0 Å². The second-order valence-electron chi connectivity index (χ2n) is 7.68. The fraction of sp³-hybridized carbons (Fsp3) is 0.160. The second-order valence-corrected chi connectivity index (χ2v) is 9.95. The second kappa shape index (κ2) is 9.02. The smallest absolute Gasteiger partial charge is 0.193 e. The zero-order valence-corrected chi connectivity index (χ0v) is 21.4. The van der Waals surface area contributed by atoms with Gasteiger partial charge in [0.05, 0.1) is 0 Å². The van der Waals surface area contributed by atoms with E-state index in [0.29, 0.717) is 21.9 Å². The number of carbonyl (C=O) groups excluding carboxylic acids is 1. The van der Waals surface area contributed by atoms with E-state index in [1.807, 2.05) is 60.4 Å². The van der Waals surface area contributed by atoms with Gasteiger partial charge in [0.2, 0.25) is 0 Å². The van der Waals surface area contributed by atoms with Gasteiger partial charge in [-0.2, -0.15) is 0 Å². The monoisotopic (exact) mass is 574 g/mol. The zero-order valence-electron chi connectivity index (χ0n) is 17.4. The third-order valence-electron chi connectivity index (χ3n) is 5.65. The molecule has 0 aromatic heterocycles. The molecule has 7 heteroatoms. The molecular formula is C25H21Br2ClN2O2. The third-order valence-corrected chi connectivity index (χ3v) is 6.96. The van der Waals surface area contributed by atoms with Crippen molar-refractivity contribution in [2.45, 2.75) is 25.6 Å². The number of hydrogen-bond acceptors (Lipinski definition) is 4. The van der Waals surface area contributed by atoms with Gasteiger partial charge in [-0.1, -0.05) is 55.6 Å². The zero-order chi connectivity index (χ0) is 23.0. The van der Waals surface area contributed by atoms with Crippen LogP contribution in [0.2, 0.25) is 5.02 Å². The van der Waals surface area contributed by atoms with E-state index in [2.05, 4.69) is 37.2 Å². The number of anilines is 2. The highest BCUT2D eigenvalue weighted by Gasteiger charge is 2.54. The summed E-state index contributed by atoms with van der Waals surface area (Å²) in [6.07, 6.45) is 0. The van der Waals surface area contributed by atoms with Crippen LogP contribution in [0.3, 0.4) is 0 Å². The number of nitrogens with zero attached hydrogens (tertiary/aromatic N) is 1. The van der Waals surface area contributed by atoms with Crippen LogP contribution in [0.15, 0.2) is 93.0 Å². The minimum absolute atomic E-state index is 0.107. The third kappa shape index (κ3) is 4.13. The van der Waals surface area contributed by atoms with E-state index in [0.717, 1.165) is 20.3 Å². The number of aliphatic hydroxyl groups is 1. The van der Waals surface area contributed by atoms with Gasteiger partial charge in [-0.15, -0.1) is 0 Å². The number of benzene rings is 3. The minimum Gasteiger partial charge on any atom is -0.373 e. The Morgan fingerprint density at radius 3 is 2.03 bits per heavy atom. The summed E-state index contributed by atoms with van der Waals surface area (Å²) in [5.41, 5.74) is 1.81. The van der Waals surface area contributed by atoms with Crippen LogP contribution in [0.25, 0.3) is 0 Å². The van der Waals surface area contributed by atoms with E-state index in [9.17, 15) is 9.90 Å². The summed E-state index contributed by atoms with van der Waals surface area (Å²) in [6, 6.07) is 21.6. The van der Waals surface area contributed by atoms with E-state index in [1.54, 1.807) is 24.3 Å². The predicted octanol–water partition coefficient (Wildman–Crippen LogP) is 6.87. The van der Waals surface area contributed by atoms with Crippen LogP contribution in [0.1, 0.15) is 19.4 Å². The summed E-state index contributed by atoms with van der Waals surface area (Å²) in [7, 11) is 0. The van der Waals surface area contributed by atoms with Crippen LogP contribution in [0.4, 0.5) is 11.4 Å². The molecule has 2 atom stereocenters. The number of nitrogens with one attached hydrogen (secondary N) is 1. The van der Waals surface area contributed by atoms with Crippen molar-refractivity contribution in [3.63, 3.8) is 0 Å². The lowest BCUT2D eigenvalue weighted by molar-refractivity contribution is -0.114. The van der Waals surface area contributed by atoms with E-state index in [1.165, 1.54) is 6.92 Å². The lowest BCUT2D eigenvalue weighted by Crippen LogP contribution is -2.52. The summed E-state index contributed by atoms with van der Waals surface area (Å²) in [4.78, 5) is 14.7. The maximum absolute atomic E-state index is 12.8. The molecule has 1 aliphatic rings. The number of ketones is 1. The van der Waals surface area contributed by atoms with Crippen molar-refractivity contribution in [2.24, 2.45) is 0 Å². The van der Waals surface area contributed by atoms with Crippen molar-refractivity contribution in [1.29, 1.82) is 0 Å². The van der Waals surface area contributed by atoms with Crippen LogP contribution >= 0.6 is 43.5 Å². The minimum atomic E-state index is -1.57. The largest absolute Gasteiger partial charge is 0.373 e. The Kier molecular flexibility index (Phi) is 6.50. The summed E-state index contributed by atoms with van der Waals surface area (Å²) in [5, 5.41) is 16.4. The van der Waals surface area contributed by atoms with Crippen molar-refractivity contribution < 1.29 is 9.90 Å². The first-order valence-electron chi connectivity index (χ1n) is 10.00. The maximum atomic E-state index is 12.8. The molecule has 4 rings (SSSR count). The highest BCUT2D eigenvalue weighted by Crippen LogP contribution is 2.47. The molecule has 32 heavy (non-hydrogen) atoms. The number of hydrogen-bond donors (Lipinski definition) is 2. The van der Waals surface area contributed by atoms with Gasteiger partial charge < -0.3 is 15.3 Å². The van der Waals surface area contributed by atoms with Gasteiger partial charge in [0, 0.05) is 42.2 Å². The topological polar surface area (TPSA) is 52.6 Å². The average Bonchev–Trinajstić information content (AvgIpc) is 2.98. The Balaban J connectivity index is 1.93. The quantitative estimate of drug-likeness (QED) is 0.348. The van der Waals surface area contributed by atoms with Crippen molar-refractivity contribution in [3.05, 3.63) is 104 Å². The fourth-order valence-electron chi connectivity index (χ4n) is 4.23. The summed E-state index contributed by atoms with van der Waals surface area (Å²) >= 11 is 13.1. The highest BCUT2D eigenvalue weighted by molar-refractivity contribution is 9.10. The molecule has 0 spiro atoms. The van der Waals surface area contributed by atoms with Crippen LogP contribution in [-0.4, -0.2) is 16.9 Å². The molecule has 1 aliphatic heterocycles. The van der Waals surface area contributed by atoms with Crippen molar-refractivity contribution in [1.82, 2.24) is 0 Å². The SMILES string of the molecule is CC(=O)C1=C(C)N(c2ccc(Br)cc2)[C@@](O)(c2ccc(Cl)cc2)[C@@H]1Nc1ccc(Br)cc1. The molecule has 0 saturated carbocycles. The average molecular weight is 577 g/mol. The standard InChI is InChI=1S/C25H21Br2ClN2O2/c1-15-23(16(2)31)24(29-21-11-5-18(26)6-12-21)25(32,17-3-9-20(28)10-4-17)30(15)22-13-7-19(27)8-14-22/h3-14,24,29,32H,1-2H3/t24-,25-/m1/s1. The Bertz CT molecular complexity index is 1180. The number of rotatable bonds is 5. The Hall–Kier alpha value is -2.12. The predicted molar refractivity (Wildman–Crippen MR) is 137 cm³/mol. The lowest BCUT2D eigenvalue weighted by Gasteiger charge is -2.41. The molecular weight excluding hydrogens is 556 g/mol. The molecule has 3 aromatic carbocycles. The highest BCUT2D eigenvalue weighted by atomic mass is 79.9. The van der Waals surface area contributed by atoms with Gasteiger partial charge in [0.1, 0.15) is 6.04 Å². The molecule has 4 nitrogen and oxygen atoms in total. The Morgan fingerprint density at radius 2 is 1.50 bits per heavy atom. The molecule has 2 N–H and O–H groups in total. The molecule has 164 valence electrons. The molecule has 0 amide bonds. The first-order chi connectivity index (χ1) is 15.2. The maximum Gasteiger partial charge on any atom is 0.193 e. The Labute approximate surface area is 209 Å². The number of carbonyl (C=O) groups is 1. The number of allylic oxidation sites excluding steroid dienone is 1. The fourth-order valence-corrected chi connectivity index (χ4v) is 4.89. The van der Waals surface area contributed by atoms with E-state index < -0.39 is 11.8 Å². The van der Waals surface area contributed by atoms with E-state index in [4.69, 9.17) is 11.6 Å². The molecule has 0 saturated heterocycles. The van der Waals surface area contributed by atoms with Crippen LogP contribution in [0.5, 0.6) is 0 Å². The van der Waals surface area contributed by atoms with Crippen molar-refractivity contribution >= 4 is 60.6 Å². The first-order valence-corrected chi connectivity index (χ1v) is 12.0. The molecule has 0 unspecified atom stereocenters. The molecule has 3 aromatic rings. The summed E-state index contributed by atoms with van der Waals surface area (Å²) in [6.45, 7) is 3.39. The van der Waals surface area contributed by atoms with Crippen LogP contribution < -0.4 is 10.2 Å². The summed E-state index contributed by atoms with van der Waals surface area (Å²) < 4.78 is 1.87. The van der Waals surface area contributed by atoms with E-state index in [-0.39, 0.29) is 5.78 Å². The molecule has 0 fully saturated rings. The first kappa shape index (κ1) is 23.1. The van der Waals surface area contributed by atoms with Gasteiger partial charge in [-0.25, -0.2) is 0 Å². The summed E-state index contributed by atoms with van der Waals surface area (Å²) in [5.74, 6) is -0.107. The number of Topliss-reactive ketones (excluding diaryl/α,β-unsaturated/α-hetero) is 1. The normalized spacial score (nSPS) is 20.6. The molecule has 1 heterocycles. The van der Waals surface area contributed by atoms with Gasteiger partial charge in [0.25, 0.3) is 0 Å². The van der Waals surface area contributed by atoms with Crippen LogP contribution in [0, 0.1) is 0 Å². The molecule has 0 bridgehead atoms. The van der Waals surface area contributed by atoms with Gasteiger partial charge in [0.15, 0.2) is 11.5 Å². The van der Waals surface area contributed by atoms with Gasteiger partial charge in [-0.3, -0.25) is 4.79 Å². The molecule has 0 radical (unpaired) electrons. The number of halogens is 3. The van der Waals surface area contributed by atoms with Crippen molar-refractivity contribution in [3.8, 4) is 0 Å². The molecule has 0 aliphatic carbocycles. The Morgan fingerprint density at radius 1 is 0.969 bits per heavy atom.